The number of aryl methyl sites for hydroxylation is 1. The van der Waals surface area contributed by atoms with E-state index in [-0.39, 0.29) is 0 Å². The number of nitrogens with one attached hydrogen (secondary N) is 1. The van der Waals surface area contributed by atoms with Gasteiger partial charge in [0.1, 0.15) is 6.10 Å². The van der Waals surface area contributed by atoms with Crippen molar-refractivity contribution in [3.05, 3.63) is 71.3 Å². The van der Waals surface area contributed by atoms with Crippen molar-refractivity contribution in [2.24, 2.45) is 0 Å². The maximum absolute atomic E-state index is 12.2. The lowest BCUT2D eigenvalue weighted by atomic mass is 10.00. The van der Waals surface area contributed by atoms with Crippen molar-refractivity contribution in [3.8, 4) is 0 Å². The third kappa shape index (κ3) is 4.17. The number of rotatable bonds is 5. The molecule has 0 spiro atoms. The fourth-order valence-electron chi connectivity index (χ4n) is 2.25. The van der Waals surface area contributed by atoms with Crippen LogP contribution in [0.4, 0.5) is 0 Å². The number of benzene rings is 2. The van der Waals surface area contributed by atoms with E-state index in [4.69, 9.17) is 4.74 Å². The summed E-state index contributed by atoms with van der Waals surface area (Å²) in [6, 6.07) is 14.4. The topological polar surface area (TPSA) is 75.6 Å². The minimum Gasteiger partial charge on any atom is -0.467 e. The number of hydrogen-bond donors (Lipinski definition) is 2. The predicted molar refractivity (Wildman–Crippen MR) is 85.9 cm³/mol. The quantitative estimate of drug-likeness (QED) is 0.828. The summed E-state index contributed by atoms with van der Waals surface area (Å²) in [7, 11) is 1.22. The molecule has 2 atom stereocenters. The van der Waals surface area contributed by atoms with E-state index in [2.05, 4.69) is 5.32 Å². The van der Waals surface area contributed by atoms with E-state index in [9.17, 15) is 14.7 Å². The molecule has 0 saturated heterocycles. The summed E-state index contributed by atoms with van der Waals surface area (Å²) >= 11 is 0. The van der Waals surface area contributed by atoms with Gasteiger partial charge in [-0.1, -0.05) is 48.0 Å². The molecule has 120 valence electrons. The zero-order valence-electron chi connectivity index (χ0n) is 13.0. The van der Waals surface area contributed by atoms with Crippen LogP contribution in [0.15, 0.2) is 54.6 Å². The number of ether oxygens (including phenoxy) is 1. The summed E-state index contributed by atoms with van der Waals surface area (Å²) in [4.78, 5) is 24.2. The molecule has 1 amide bonds. The first kappa shape index (κ1) is 16.7. The SMILES string of the molecule is COC(=O)[C@H](NC(=O)c1ccccc1)[C@H](O)c1cccc(C)c1. The highest BCUT2D eigenvalue weighted by Gasteiger charge is 2.31. The lowest BCUT2D eigenvalue weighted by Crippen LogP contribution is -2.45. The van der Waals surface area contributed by atoms with Gasteiger partial charge in [-0.3, -0.25) is 4.79 Å². The summed E-state index contributed by atoms with van der Waals surface area (Å²) in [6.07, 6.45) is -1.20. The van der Waals surface area contributed by atoms with E-state index in [0.29, 0.717) is 11.1 Å². The lowest BCUT2D eigenvalue weighted by Gasteiger charge is -2.22. The Balaban J connectivity index is 2.23. The average molecular weight is 313 g/mol. The molecule has 2 rings (SSSR count). The van der Waals surface area contributed by atoms with E-state index in [1.54, 1.807) is 48.5 Å². The molecule has 23 heavy (non-hydrogen) atoms. The molecule has 0 unspecified atom stereocenters. The van der Waals surface area contributed by atoms with Gasteiger partial charge in [-0.05, 0) is 24.6 Å². The van der Waals surface area contributed by atoms with Gasteiger partial charge in [-0.15, -0.1) is 0 Å². The van der Waals surface area contributed by atoms with Crippen LogP contribution < -0.4 is 5.32 Å². The first-order valence-corrected chi connectivity index (χ1v) is 7.21. The minimum atomic E-state index is -1.20. The second-order valence-electron chi connectivity index (χ2n) is 5.20. The van der Waals surface area contributed by atoms with E-state index >= 15 is 0 Å². The monoisotopic (exact) mass is 313 g/mol. The Hall–Kier alpha value is -2.66. The molecule has 0 bridgehead atoms. The van der Waals surface area contributed by atoms with Gasteiger partial charge < -0.3 is 15.2 Å². The normalized spacial score (nSPS) is 13.0. The highest BCUT2D eigenvalue weighted by Crippen LogP contribution is 2.19. The van der Waals surface area contributed by atoms with E-state index in [1.165, 1.54) is 7.11 Å². The summed E-state index contributed by atoms with van der Waals surface area (Å²) < 4.78 is 4.71. The Morgan fingerprint density at radius 3 is 2.39 bits per heavy atom. The third-order valence-electron chi connectivity index (χ3n) is 3.48. The van der Waals surface area contributed by atoms with Crippen molar-refractivity contribution in [2.45, 2.75) is 19.1 Å². The van der Waals surface area contributed by atoms with Crippen molar-refractivity contribution < 1.29 is 19.4 Å². The maximum Gasteiger partial charge on any atom is 0.331 e. The number of methoxy groups -OCH3 is 1. The number of carbonyl (C=O) groups excluding carboxylic acids is 2. The largest absolute Gasteiger partial charge is 0.467 e. The van der Waals surface area contributed by atoms with Gasteiger partial charge in [-0.25, -0.2) is 4.79 Å². The number of carbonyl (C=O) groups is 2. The number of aliphatic hydroxyl groups is 1. The Kier molecular flexibility index (Phi) is 5.49. The molecule has 2 aromatic carbocycles. The van der Waals surface area contributed by atoms with Crippen LogP contribution in [0.5, 0.6) is 0 Å². The van der Waals surface area contributed by atoms with Gasteiger partial charge in [0.25, 0.3) is 5.91 Å². The van der Waals surface area contributed by atoms with Gasteiger partial charge in [-0.2, -0.15) is 0 Å². The standard InChI is InChI=1S/C18H19NO4/c1-12-7-6-10-14(11-12)16(20)15(18(22)23-2)19-17(21)13-8-4-3-5-9-13/h3-11,15-16,20H,1-2H3,(H,19,21)/t15-,16-/m1/s1. The van der Waals surface area contributed by atoms with Gasteiger partial charge >= 0.3 is 5.97 Å². The van der Waals surface area contributed by atoms with Crippen LogP contribution in [0.3, 0.4) is 0 Å². The third-order valence-corrected chi connectivity index (χ3v) is 3.48. The van der Waals surface area contributed by atoms with Crippen LogP contribution in [0.1, 0.15) is 27.6 Å². The second-order valence-corrected chi connectivity index (χ2v) is 5.20. The van der Waals surface area contributed by atoms with Crippen molar-refractivity contribution in [1.29, 1.82) is 0 Å². The summed E-state index contributed by atoms with van der Waals surface area (Å²) in [5.41, 5.74) is 1.88. The average Bonchev–Trinajstić information content (AvgIpc) is 2.59. The number of aliphatic hydroxyl groups excluding tert-OH is 1. The first-order chi connectivity index (χ1) is 11.0. The number of esters is 1. The summed E-state index contributed by atoms with van der Waals surface area (Å²) in [5, 5.41) is 13.0. The maximum atomic E-state index is 12.2. The highest BCUT2D eigenvalue weighted by molar-refractivity contribution is 5.96. The van der Waals surface area contributed by atoms with Crippen molar-refractivity contribution in [3.63, 3.8) is 0 Å². The van der Waals surface area contributed by atoms with Crippen LogP contribution in [0.25, 0.3) is 0 Å². The van der Waals surface area contributed by atoms with Crippen LogP contribution >= 0.6 is 0 Å². The Morgan fingerprint density at radius 1 is 1.09 bits per heavy atom. The van der Waals surface area contributed by atoms with Crippen molar-refractivity contribution in [2.75, 3.05) is 7.11 Å². The zero-order valence-corrected chi connectivity index (χ0v) is 13.0. The van der Waals surface area contributed by atoms with E-state index in [0.717, 1.165) is 5.56 Å². The van der Waals surface area contributed by atoms with E-state index in [1.807, 2.05) is 13.0 Å². The number of hydrogen-bond acceptors (Lipinski definition) is 4. The predicted octanol–water partition coefficient (Wildman–Crippen LogP) is 2.00. The molecule has 0 fully saturated rings. The molecule has 5 nitrogen and oxygen atoms in total. The molecule has 2 aromatic rings. The zero-order chi connectivity index (χ0) is 16.8. The first-order valence-electron chi connectivity index (χ1n) is 7.21. The minimum absolute atomic E-state index is 0.401. The van der Waals surface area contributed by atoms with E-state index < -0.39 is 24.0 Å². The molecule has 0 aliphatic rings. The fourth-order valence-corrected chi connectivity index (χ4v) is 2.25. The second kappa shape index (κ2) is 7.56. The molecule has 0 aliphatic heterocycles. The van der Waals surface area contributed by atoms with Gasteiger partial charge in [0, 0.05) is 5.56 Å². The molecule has 0 aliphatic carbocycles. The number of amides is 1. The molecular formula is C18H19NO4. The van der Waals surface area contributed by atoms with Crippen LogP contribution in [-0.2, 0) is 9.53 Å². The molecular weight excluding hydrogens is 294 g/mol. The van der Waals surface area contributed by atoms with Crippen LogP contribution in [0, 0.1) is 6.92 Å². The molecule has 5 heteroatoms. The van der Waals surface area contributed by atoms with Crippen LogP contribution in [-0.4, -0.2) is 30.1 Å². The van der Waals surface area contributed by atoms with Crippen molar-refractivity contribution in [1.82, 2.24) is 5.32 Å². The van der Waals surface area contributed by atoms with Gasteiger partial charge in [0.05, 0.1) is 7.11 Å². The van der Waals surface area contributed by atoms with Crippen molar-refractivity contribution >= 4 is 11.9 Å². The van der Waals surface area contributed by atoms with Crippen LogP contribution in [0.2, 0.25) is 0 Å². The van der Waals surface area contributed by atoms with Gasteiger partial charge in [0.2, 0.25) is 0 Å². The van der Waals surface area contributed by atoms with Gasteiger partial charge in [0.15, 0.2) is 6.04 Å². The molecule has 2 N–H and O–H groups in total. The highest BCUT2D eigenvalue weighted by atomic mass is 16.5. The molecule has 0 saturated carbocycles. The Morgan fingerprint density at radius 2 is 1.78 bits per heavy atom. The Bertz CT molecular complexity index is 684. The summed E-state index contributed by atoms with van der Waals surface area (Å²) in [5.74, 6) is -1.16. The lowest BCUT2D eigenvalue weighted by molar-refractivity contribution is -0.146. The molecule has 0 radical (unpaired) electrons. The molecule has 0 heterocycles. The smallest absolute Gasteiger partial charge is 0.331 e. The summed E-state index contributed by atoms with van der Waals surface area (Å²) in [6.45, 7) is 1.88. The fraction of sp³-hybridized carbons (Fsp3) is 0.222. The molecule has 0 aromatic heterocycles. The Labute approximate surface area is 134 Å².